The molecule has 0 amide bonds. The molecule has 0 saturated carbocycles. The van der Waals surface area contributed by atoms with Gasteiger partial charge in [-0.05, 0) is 45.0 Å². The Bertz CT molecular complexity index is 825. The van der Waals surface area contributed by atoms with E-state index in [-0.39, 0.29) is 5.56 Å². The van der Waals surface area contributed by atoms with Crippen LogP contribution in [-0.4, -0.2) is 25.4 Å². The Morgan fingerprint density at radius 3 is 2.14 bits per heavy atom. The fourth-order valence-electron chi connectivity index (χ4n) is 2.72. The van der Waals surface area contributed by atoms with E-state index in [1.807, 2.05) is 60.9 Å². The summed E-state index contributed by atoms with van der Waals surface area (Å²) in [4.78, 5) is 11.7. The van der Waals surface area contributed by atoms with Crippen LogP contribution in [0, 0.1) is 20.8 Å². The van der Waals surface area contributed by atoms with Crippen molar-refractivity contribution in [3.05, 3.63) is 65.1 Å². The Morgan fingerprint density at radius 1 is 1.00 bits per heavy atom. The molecule has 0 bridgehead atoms. The van der Waals surface area contributed by atoms with E-state index in [0.717, 1.165) is 17.1 Å². The zero-order chi connectivity index (χ0) is 15.9. The molecular weight excluding hydrogens is 278 g/mol. The molecular formula is C17H17N3O2. The minimum Gasteiger partial charge on any atom is -0.477 e. The van der Waals surface area contributed by atoms with E-state index in [1.165, 1.54) is 0 Å². The summed E-state index contributed by atoms with van der Waals surface area (Å²) < 4.78 is 3.62. The van der Waals surface area contributed by atoms with Crippen LogP contribution in [0.25, 0.3) is 11.5 Å². The second-order valence-electron chi connectivity index (χ2n) is 5.29. The minimum atomic E-state index is -0.970. The van der Waals surface area contributed by atoms with Gasteiger partial charge in [0, 0.05) is 11.4 Å². The molecule has 5 nitrogen and oxygen atoms in total. The number of carboxylic acid groups (broad SMARTS) is 1. The number of hydrogen-bond donors (Lipinski definition) is 1. The van der Waals surface area contributed by atoms with Crippen LogP contribution in [-0.2, 0) is 0 Å². The quantitative estimate of drug-likeness (QED) is 0.806. The lowest BCUT2D eigenvalue weighted by molar-refractivity contribution is 0.0696. The molecule has 5 heteroatoms. The lowest BCUT2D eigenvalue weighted by Gasteiger charge is -2.13. The predicted octanol–water partition coefficient (Wildman–Crippen LogP) is 3.29. The van der Waals surface area contributed by atoms with Crippen LogP contribution in [0.2, 0.25) is 0 Å². The molecule has 0 aliphatic carbocycles. The van der Waals surface area contributed by atoms with Gasteiger partial charge in [0.05, 0.1) is 11.4 Å². The maximum Gasteiger partial charge on any atom is 0.341 e. The summed E-state index contributed by atoms with van der Waals surface area (Å²) in [6, 6.07) is 13.5. The molecule has 0 unspecified atom stereocenters. The second kappa shape index (κ2) is 5.18. The molecule has 1 N–H and O–H groups in total. The third-order valence-electron chi connectivity index (χ3n) is 3.73. The van der Waals surface area contributed by atoms with Gasteiger partial charge in [0.15, 0.2) is 5.82 Å². The summed E-state index contributed by atoms with van der Waals surface area (Å²) in [6.07, 6.45) is 0. The first-order valence-electron chi connectivity index (χ1n) is 7.04. The maximum atomic E-state index is 11.7. The summed E-state index contributed by atoms with van der Waals surface area (Å²) in [5.74, 6) is -0.404. The highest BCUT2D eigenvalue weighted by Gasteiger charge is 2.24. The van der Waals surface area contributed by atoms with Gasteiger partial charge in [-0.25, -0.2) is 9.48 Å². The van der Waals surface area contributed by atoms with Gasteiger partial charge >= 0.3 is 5.97 Å². The number of hydrogen-bond acceptors (Lipinski definition) is 2. The van der Waals surface area contributed by atoms with Gasteiger partial charge in [-0.15, -0.1) is 0 Å². The summed E-state index contributed by atoms with van der Waals surface area (Å²) in [5.41, 5.74) is 3.50. The highest BCUT2D eigenvalue weighted by Crippen LogP contribution is 2.26. The molecule has 0 saturated heterocycles. The number of aryl methyl sites for hydroxylation is 3. The maximum absolute atomic E-state index is 11.7. The minimum absolute atomic E-state index is 0.228. The van der Waals surface area contributed by atoms with Gasteiger partial charge in [-0.2, -0.15) is 5.10 Å². The molecule has 0 fully saturated rings. The smallest absolute Gasteiger partial charge is 0.341 e. The zero-order valence-electron chi connectivity index (χ0n) is 12.7. The molecule has 2 aromatic heterocycles. The molecule has 3 aromatic rings. The normalized spacial score (nSPS) is 10.9. The third kappa shape index (κ3) is 2.11. The van der Waals surface area contributed by atoms with Crippen molar-refractivity contribution in [3.8, 4) is 11.5 Å². The van der Waals surface area contributed by atoms with Gasteiger partial charge < -0.3 is 9.67 Å². The molecule has 1 aromatic carbocycles. The van der Waals surface area contributed by atoms with Crippen LogP contribution < -0.4 is 0 Å². The van der Waals surface area contributed by atoms with Crippen molar-refractivity contribution in [2.24, 2.45) is 0 Å². The predicted molar refractivity (Wildman–Crippen MR) is 84.1 cm³/mol. The topological polar surface area (TPSA) is 60.0 Å². The highest BCUT2D eigenvalue weighted by molar-refractivity contribution is 5.93. The van der Waals surface area contributed by atoms with Crippen LogP contribution in [0.1, 0.15) is 27.4 Å². The van der Waals surface area contributed by atoms with E-state index in [4.69, 9.17) is 0 Å². The van der Waals surface area contributed by atoms with Gasteiger partial charge in [0.1, 0.15) is 5.56 Å². The fourth-order valence-corrected chi connectivity index (χ4v) is 2.72. The lowest BCUT2D eigenvalue weighted by Crippen LogP contribution is -2.12. The van der Waals surface area contributed by atoms with Crippen molar-refractivity contribution in [3.63, 3.8) is 0 Å². The van der Waals surface area contributed by atoms with Crippen LogP contribution in [0.5, 0.6) is 0 Å². The molecule has 22 heavy (non-hydrogen) atoms. The molecule has 2 heterocycles. The molecule has 0 radical (unpaired) electrons. The Balaban J connectivity index is 2.38. The number of para-hydroxylation sites is 1. The number of aromatic nitrogens is 3. The van der Waals surface area contributed by atoms with Crippen LogP contribution in [0.3, 0.4) is 0 Å². The average Bonchev–Trinajstić information content (AvgIpc) is 2.99. The van der Waals surface area contributed by atoms with Crippen molar-refractivity contribution >= 4 is 5.97 Å². The van der Waals surface area contributed by atoms with Gasteiger partial charge in [-0.3, -0.25) is 0 Å². The molecule has 0 aliphatic rings. The molecule has 0 aliphatic heterocycles. The van der Waals surface area contributed by atoms with Crippen molar-refractivity contribution in [1.82, 2.24) is 14.3 Å². The number of rotatable bonds is 3. The monoisotopic (exact) mass is 295 g/mol. The standard InChI is InChI=1S/C17H17N3O2/c1-11-9-10-12(2)19(11)16-15(17(21)22)13(3)18-20(16)14-7-5-4-6-8-14/h4-10H,1-3H3,(H,21,22). The van der Waals surface area contributed by atoms with E-state index in [0.29, 0.717) is 11.5 Å². The average molecular weight is 295 g/mol. The van der Waals surface area contributed by atoms with E-state index in [2.05, 4.69) is 5.10 Å². The zero-order valence-corrected chi connectivity index (χ0v) is 12.7. The Hall–Kier alpha value is -2.82. The first-order chi connectivity index (χ1) is 10.5. The van der Waals surface area contributed by atoms with Gasteiger partial charge in [0.25, 0.3) is 0 Å². The summed E-state index contributed by atoms with van der Waals surface area (Å²) in [6.45, 7) is 5.63. The highest BCUT2D eigenvalue weighted by atomic mass is 16.4. The Kier molecular flexibility index (Phi) is 3.33. The van der Waals surface area contributed by atoms with Gasteiger partial charge in [-0.1, -0.05) is 18.2 Å². The number of aromatic carboxylic acids is 1. The van der Waals surface area contributed by atoms with E-state index < -0.39 is 5.97 Å². The Morgan fingerprint density at radius 2 is 1.59 bits per heavy atom. The number of nitrogens with zero attached hydrogens (tertiary/aromatic N) is 3. The Labute approximate surface area is 128 Å². The SMILES string of the molecule is Cc1nn(-c2ccccc2)c(-n2c(C)ccc2C)c1C(=O)O. The largest absolute Gasteiger partial charge is 0.477 e. The van der Waals surface area contributed by atoms with E-state index >= 15 is 0 Å². The second-order valence-corrected chi connectivity index (χ2v) is 5.29. The fraction of sp³-hybridized carbons (Fsp3) is 0.176. The van der Waals surface area contributed by atoms with Crippen LogP contribution in [0.15, 0.2) is 42.5 Å². The van der Waals surface area contributed by atoms with Crippen molar-refractivity contribution in [1.29, 1.82) is 0 Å². The summed E-state index contributed by atoms with van der Waals surface area (Å²) in [7, 11) is 0. The van der Waals surface area contributed by atoms with Gasteiger partial charge in [0.2, 0.25) is 0 Å². The third-order valence-corrected chi connectivity index (χ3v) is 3.73. The summed E-state index contributed by atoms with van der Waals surface area (Å²) >= 11 is 0. The van der Waals surface area contributed by atoms with E-state index in [1.54, 1.807) is 11.6 Å². The van der Waals surface area contributed by atoms with Crippen LogP contribution in [0.4, 0.5) is 0 Å². The number of benzene rings is 1. The molecule has 0 atom stereocenters. The first-order valence-corrected chi connectivity index (χ1v) is 7.04. The van der Waals surface area contributed by atoms with Crippen LogP contribution >= 0.6 is 0 Å². The molecule has 0 spiro atoms. The van der Waals surface area contributed by atoms with Crippen molar-refractivity contribution < 1.29 is 9.90 Å². The van der Waals surface area contributed by atoms with Crippen molar-refractivity contribution in [2.45, 2.75) is 20.8 Å². The number of carboxylic acids is 1. The molecule has 112 valence electrons. The molecule has 3 rings (SSSR count). The first kappa shape index (κ1) is 14.1. The number of carbonyl (C=O) groups is 1. The van der Waals surface area contributed by atoms with E-state index in [9.17, 15) is 9.90 Å². The van der Waals surface area contributed by atoms with Crippen molar-refractivity contribution in [2.75, 3.05) is 0 Å². The summed E-state index contributed by atoms with van der Waals surface area (Å²) in [5, 5.41) is 14.1. The lowest BCUT2D eigenvalue weighted by atomic mass is 10.2.